The van der Waals surface area contributed by atoms with Crippen LogP contribution in [0, 0.1) is 11.7 Å². The molecule has 2 aromatic rings. The molecular weight excluding hydrogens is 405 g/mol. The Bertz CT molecular complexity index is 869. The molecular formula is C22H28FN3O3S. The molecule has 2 aliphatic heterocycles. The van der Waals surface area contributed by atoms with Crippen molar-refractivity contribution in [3.8, 4) is 0 Å². The van der Waals surface area contributed by atoms with Crippen LogP contribution in [0.4, 0.5) is 4.39 Å². The summed E-state index contributed by atoms with van der Waals surface area (Å²) in [6.07, 6.45) is 2.16. The van der Waals surface area contributed by atoms with Gasteiger partial charge in [0.05, 0.1) is 35.9 Å². The quantitative estimate of drug-likeness (QED) is 0.727. The molecule has 1 saturated heterocycles. The molecule has 1 aromatic heterocycles. The third-order valence-electron chi connectivity index (χ3n) is 6.31. The second kappa shape index (κ2) is 9.09. The number of piperidine rings is 1. The zero-order chi connectivity index (χ0) is 21.1. The van der Waals surface area contributed by atoms with E-state index < -0.39 is 5.60 Å². The first-order chi connectivity index (χ1) is 14.5. The lowest BCUT2D eigenvalue weighted by molar-refractivity contribution is -0.136. The van der Waals surface area contributed by atoms with Crippen LogP contribution in [0.3, 0.4) is 0 Å². The van der Waals surface area contributed by atoms with Crippen LogP contribution in [0.2, 0.25) is 0 Å². The van der Waals surface area contributed by atoms with E-state index in [2.05, 4.69) is 9.88 Å². The molecule has 1 N–H and O–H groups in total. The fraction of sp³-hybridized carbons (Fsp3) is 0.545. The first kappa shape index (κ1) is 21.4. The maximum absolute atomic E-state index is 13.8. The number of halogens is 1. The van der Waals surface area contributed by atoms with E-state index in [-0.39, 0.29) is 24.2 Å². The van der Waals surface area contributed by atoms with Crippen molar-refractivity contribution in [2.75, 3.05) is 39.8 Å². The van der Waals surface area contributed by atoms with Gasteiger partial charge in [0.25, 0.3) is 0 Å². The Morgan fingerprint density at radius 3 is 2.93 bits per heavy atom. The lowest BCUT2D eigenvalue weighted by atomic mass is 9.83. The minimum absolute atomic E-state index is 0.0295. The van der Waals surface area contributed by atoms with Crippen molar-refractivity contribution >= 4 is 17.2 Å². The molecule has 1 atom stereocenters. The van der Waals surface area contributed by atoms with E-state index in [1.165, 1.54) is 17.4 Å². The summed E-state index contributed by atoms with van der Waals surface area (Å²) >= 11 is 1.53. The van der Waals surface area contributed by atoms with Crippen LogP contribution in [0.1, 0.15) is 29.7 Å². The molecule has 1 spiro atoms. The van der Waals surface area contributed by atoms with Crippen LogP contribution in [-0.4, -0.2) is 65.6 Å². The summed E-state index contributed by atoms with van der Waals surface area (Å²) in [5.41, 5.74) is 4.36. The molecule has 0 bridgehead atoms. The van der Waals surface area contributed by atoms with Gasteiger partial charge in [0.2, 0.25) is 5.91 Å². The largest absolute Gasteiger partial charge is 0.395 e. The maximum atomic E-state index is 13.8. The van der Waals surface area contributed by atoms with Gasteiger partial charge in [-0.3, -0.25) is 4.79 Å². The monoisotopic (exact) mass is 433 g/mol. The number of hydrogen-bond acceptors (Lipinski definition) is 6. The Morgan fingerprint density at radius 2 is 2.23 bits per heavy atom. The van der Waals surface area contributed by atoms with Gasteiger partial charge < -0.3 is 19.6 Å². The van der Waals surface area contributed by atoms with Gasteiger partial charge in [-0.1, -0.05) is 6.07 Å². The average Bonchev–Trinajstić information content (AvgIpc) is 3.37. The molecule has 0 saturated carbocycles. The van der Waals surface area contributed by atoms with Gasteiger partial charge in [-0.25, -0.2) is 9.37 Å². The summed E-state index contributed by atoms with van der Waals surface area (Å²) in [7, 11) is 1.73. The van der Waals surface area contributed by atoms with E-state index in [4.69, 9.17) is 4.74 Å². The van der Waals surface area contributed by atoms with E-state index in [1.807, 2.05) is 11.4 Å². The fourth-order valence-corrected chi connectivity index (χ4v) is 5.18. The number of benzene rings is 1. The van der Waals surface area contributed by atoms with Gasteiger partial charge in [-0.05, 0) is 36.1 Å². The highest BCUT2D eigenvalue weighted by atomic mass is 32.1. The van der Waals surface area contributed by atoms with E-state index in [1.54, 1.807) is 23.5 Å². The number of likely N-dealkylation sites (N-methyl/N-ethyl adjacent to an activating group) is 1. The highest BCUT2D eigenvalue weighted by Crippen LogP contribution is 2.44. The number of hydrogen-bond donors (Lipinski definition) is 1. The van der Waals surface area contributed by atoms with Crippen molar-refractivity contribution in [3.05, 3.63) is 51.7 Å². The lowest BCUT2D eigenvalue weighted by Crippen LogP contribution is -2.47. The summed E-state index contributed by atoms with van der Waals surface area (Å²) in [6.45, 7) is 3.03. The molecule has 1 unspecified atom stereocenters. The van der Waals surface area contributed by atoms with Crippen LogP contribution in [0.5, 0.6) is 0 Å². The first-order valence-electron chi connectivity index (χ1n) is 10.4. The number of amides is 1. The zero-order valence-electron chi connectivity index (χ0n) is 17.2. The summed E-state index contributed by atoms with van der Waals surface area (Å²) < 4.78 is 20.0. The molecule has 162 valence electrons. The molecule has 2 aliphatic rings. The average molecular weight is 434 g/mol. The van der Waals surface area contributed by atoms with Gasteiger partial charge in [-0.2, -0.15) is 0 Å². The van der Waals surface area contributed by atoms with E-state index >= 15 is 0 Å². The Balaban J connectivity index is 1.43. The Hall–Kier alpha value is -1.87. The normalized spacial score (nSPS) is 19.0. The Kier molecular flexibility index (Phi) is 6.48. The van der Waals surface area contributed by atoms with Gasteiger partial charge >= 0.3 is 0 Å². The summed E-state index contributed by atoms with van der Waals surface area (Å²) in [6, 6.07) is 4.94. The van der Waals surface area contributed by atoms with Gasteiger partial charge in [0.15, 0.2) is 0 Å². The molecule has 3 heterocycles. The van der Waals surface area contributed by atoms with Crippen LogP contribution < -0.4 is 0 Å². The number of nitrogens with zero attached hydrogens (tertiary/aromatic N) is 3. The number of carbonyl (C=O) groups excluding carboxylic acids is 1. The van der Waals surface area contributed by atoms with Crippen LogP contribution >= 0.6 is 11.3 Å². The second-order valence-corrected chi connectivity index (χ2v) is 8.97. The molecule has 0 aliphatic carbocycles. The molecule has 30 heavy (non-hydrogen) atoms. The van der Waals surface area contributed by atoms with E-state index in [0.717, 1.165) is 42.8 Å². The third-order valence-corrected chi connectivity index (χ3v) is 6.94. The summed E-state index contributed by atoms with van der Waals surface area (Å²) in [4.78, 5) is 21.2. The second-order valence-electron chi connectivity index (χ2n) is 8.25. The minimum atomic E-state index is -0.407. The molecule has 1 aromatic carbocycles. The molecule has 6 nitrogen and oxygen atoms in total. The highest BCUT2D eigenvalue weighted by Gasteiger charge is 2.43. The van der Waals surface area contributed by atoms with E-state index in [9.17, 15) is 14.3 Å². The first-order valence-corrected chi connectivity index (χ1v) is 11.3. The summed E-state index contributed by atoms with van der Waals surface area (Å²) in [5, 5.41) is 11.2. The molecule has 0 radical (unpaired) electrons. The predicted octanol–water partition coefficient (Wildman–Crippen LogP) is 2.41. The van der Waals surface area contributed by atoms with Crippen molar-refractivity contribution in [1.29, 1.82) is 0 Å². The topological polar surface area (TPSA) is 65.9 Å². The Morgan fingerprint density at radius 1 is 1.43 bits per heavy atom. The van der Waals surface area contributed by atoms with Crippen LogP contribution in [0.25, 0.3) is 0 Å². The van der Waals surface area contributed by atoms with E-state index in [0.29, 0.717) is 26.1 Å². The van der Waals surface area contributed by atoms with Crippen molar-refractivity contribution in [2.24, 2.45) is 5.92 Å². The number of rotatable bonds is 7. The number of likely N-dealkylation sites (tertiary alicyclic amines) is 1. The maximum Gasteiger partial charge on any atom is 0.227 e. The summed E-state index contributed by atoms with van der Waals surface area (Å²) in [5.74, 6) is -0.407. The smallest absolute Gasteiger partial charge is 0.227 e. The van der Waals surface area contributed by atoms with Crippen molar-refractivity contribution < 1.29 is 19.0 Å². The fourth-order valence-electron chi connectivity index (χ4n) is 4.61. The number of carbonyl (C=O) groups is 1. The molecule has 1 amide bonds. The number of aromatic nitrogens is 1. The standard InChI is InChI=1S/C22H28FN3O3S/c1-25(8-9-27)21(28)17(10-19-14-30-15-24-19)12-26-6-4-22(5-7-26)20-11-18(23)3-2-16(20)13-29-22/h2-3,11,14-15,17,27H,4-10,12-13H2,1H3. The van der Waals surface area contributed by atoms with Crippen molar-refractivity contribution in [2.45, 2.75) is 31.5 Å². The van der Waals surface area contributed by atoms with Gasteiger partial charge in [0, 0.05) is 45.0 Å². The third kappa shape index (κ3) is 4.42. The van der Waals surface area contributed by atoms with Crippen LogP contribution in [-0.2, 0) is 28.2 Å². The number of fused-ring (bicyclic) bond motifs is 2. The highest BCUT2D eigenvalue weighted by molar-refractivity contribution is 7.07. The van der Waals surface area contributed by atoms with Crippen molar-refractivity contribution in [1.82, 2.24) is 14.8 Å². The minimum Gasteiger partial charge on any atom is -0.395 e. The number of aliphatic hydroxyl groups excluding tert-OH is 1. The predicted molar refractivity (Wildman–Crippen MR) is 113 cm³/mol. The number of ether oxygens (including phenoxy) is 1. The van der Waals surface area contributed by atoms with Crippen molar-refractivity contribution in [3.63, 3.8) is 0 Å². The number of aliphatic hydroxyl groups is 1. The molecule has 1 fully saturated rings. The molecule has 4 rings (SSSR count). The van der Waals surface area contributed by atoms with Gasteiger partial charge in [-0.15, -0.1) is 11.3 Å². The zero-order valence-corrected chi connectivity index (χ0v) is 18.0. The number of thiazole rings is 1. The molecule has 8 heteroatoms. The van der Waals surface area contributed by atoms with Crippen LogP contribution in [0.15, 0.2) is 29.1 Å². The lowest BCUT2D eigenvalue weighted by Gasteiger charge is -2.40. The SMILES string of the molecule is CN(CCO)C(=O)C(Cc1cscn1)CN1CCC2(CC1)OCc1ccc(F)cc12. The Labute approximate surface area is 180 Å². The van der Waals surface area contributed by atoms with Gasteiger partial charge in [0.1, 0.15) is 5.82 Å².